The van der Waals surface area contributed by atoms with Crippen molar-refractivity contribution in [3.8, 4) is 17.6 Å². The minimum atomic E-state index is -4.45. The molecule has 0 bridgehead atoms. The third kappa shape index (κ3) is 6.51. The molecule has 0 aliphatic carbocycles. The Labute approximate surface area is 218 Å². The number of aliphatic hydroxyl groups is 1. The lowest BCUT2D eigenvalue weighted by atomic mass is 10.0. The number of rotatable bonds is 8. The number of anilines is 2. The summed E-state index contributed by atoms with van der Waals surface area (Å²) in [6.45, 7) is -0.159. The van der Waals surface area contributed by atoms with Crippen molar-refractivity contribution in [2.75, 3.05) is 44.4 Å². The summed E-state index contributed by atoms with van der Waals surface area (Å²) in [5.74, 6) is 6.24. The van der Waals surface area contributed by atoms with Crippen LogP contribution in [0.2, 0.25) is 0 Å². The first-order valence-corrected chi connectivity index (χ1v) is 12.3. The van der Waals surface area contributed by atoms with E-state index in [0.29, 0.717) is 46.6 Å². The van der Waals surface area contributed by atoms with Crippen molar-refractivity contribution in [3.05, 3.63) is 53.7 Å². The summed E-state index contributed by atoms with van der Waals surface area (Å²) in [6, 6.07) is 11.3. The first kappa shape index (κ1) is 27.6. The third-order valence-corrected chi connectivity index (χ3v) is 6.43. The minimum absolute atomic E-state index is 0.140. The fraction of sp³-hybridized carbons (Fsp3) is 0.407. The van der Waals surface area contributed by atoms with Crippen molar-refractivity contribution in [1.29, 1.82) is 0 Å². The molecule has 4 rings (SSSR count). The first-order valence-electron chi connectivity index (χ1n) is 12.3. The SMILES string of the molecule is CNC(O)c1ccc(NCC#Cc2cc3c(N[C@@H]4CCNC[C@@H]4F)cccc3n2CC(F)(F)F)c(OC)c1. The predicted molar refractivity (Wildman–Crippen MR) is 140 cm³/mol. The molecule has 0 spiro atoms. The van der Waals surface area contributed by atoms with E-state index in [9.17, 15) is 22.7 Å². The van der Waals surface area contributed by atoms with Crippen LogP contribution in [0.5, 0.6) is 5.75 Å². The number of fused-ring (bicyclic) bond motifs is 1. The lowest BCUT2D eigenvalue weighted by Crippen LogP contribution is -2.45. The number of aliphatic hydroxyl groups excluding tert-OH is 1. The number of piperidine rings is 1. The number of aromatic nitrogens is 1. The molecule has 204 valence electrons. The maximum Gasteiger partial charge on any atom is 0.406 e. The van der Waals surface area contributed by atoms with Gasteiger partial charge in [-0.25, -0.2) is 4.39 Å². The Balaban J connectivity index is 1.59. The lowest BCUT2D eigenvalue weighted by molar-refractivity contribution is -0.140. The van der Waals surface area contributed by atoms with E-state index in [0.717, 1.165) is 4.57 Å². The lowest BCUT2D eigenvalue weighted by Gasteiger charge is -2.28. The topological polar surface area (TPSA) is 82.5 Å². The summed E-state index contributed by atoms with van der Waals surface area (Å²) in [7, 11) is 3.12. The summed E-state index contributed by atoms with van der Waals surface area (Å²) >= 11 is 0. The number of benzene rings is 2. The third-order valence-electron chi connectivity index (χ3n) is 6.43. The molecule has 2 heterocycles. The summed E-state index contributed by atoms with van der Waals surface area (Å²) in [4.78, 5) is 0. The van der Waals surface area contributed by atoms with Crippen LogP contribution in [0.15, 0.2) is 42.5 Å². The van der Waals surface area contributed by atoms with E-state index in [1.165, 1.54) is 7.11 Å². The molecular weight excluding hydrogens is 502 g/mol. The Kier molecular flexibility index (Phi) is 8.66. The van der Waals surface area contributed by atoms with Crippen LogP contribution in [0.25, 0.3) is 10.9 Å². The van der Waals surface area contributed by atoms with Gasteiger partial charge in [-0.2, -0.15) is 13.2 Å². The molecule has 1 aromatic heterocycles. The largest absolute Gasteiger partial charge is 0.495 e. The number of ether oxygens (including phenoxy) is 1. The highest BCUT2D eigenvalue weighted by Gasteiger charge is 2.30. The quantitative estimate of drug-likeness (QED) is 0.171. The smallest absolute Gasteiger partial charge is 0.406 e. The zero-order valence-electron chi connectivity index (χ0n) is 21.1. The summed E-state index contributed by atoms with van der Waals surface area (Å²) < 4.78 is 61.3. The van der Waals surface area contributed by atoms with Gasteiger partial charge < -0.3 is 30.4 Å². The van der Waals surface area contributed by atoms with Crippen LogP contribution in [-0.4, -0.2) is 61.9 Å². The van der Waals surface area contributed by atoms with E-state index in [-0.39, 0.29) is 18.8 Å². The maximum atomic E-state index is 14.4. The Bertz CT molecular complexity index is 1310. The Morgan fingerprint density at radius 2 is 2.03 bits per heavy atom. The molecule has 0 saturated carbocycles. The molecule has 1 aliphatic heterocycles. The van der Waals surface area contributed by atoms with Crippen molar-refractivity contribution >= 4 is 22.3 Å². The van der Waals surface area contributed by atoms with E-state index < -0.39 is 31.2 Å². The molecule has 11 heteroatoms. The monoisotopic (exact) mass is 533 g/mol. The average molecular weight is 534 g/mol. The van der Waals surface area contributed by atoms with Crippen molar-refractivity contribution in [2.45, 2.75) is 37.6 Å². The van der Waals surface area contributed by atoms with Crippen LogP contribution in [-0.2, 0) is 6.54 Å². The van der Waals surface area contributed by atoms with E-state index in [2.05, 4.69) is 33.1 Å². The molecule has 0 radical (unpaired) electrons. The zero-order valence-corrected chi connectivity index (χ0v) is 21.1. The van der Waals surface area contributed by atoms with Gasteiger partial charge in [0, 0.05) is 17.6 Å². The van der Waals surface area contributed by atoms with Gasteiger partial charge in [-0.3, -0.25) is 5.32 Å². The number of nitrogens with one attached hydrogen (secondary N) is 4. The van der Waals surface area contributed by atoms with Crippen molar-refractivity contribution in [2.24, 2.45) is 0 Å². The molecule has 5 N–H and O–H groups in total. The highest BCUT2D eigenvalue weighted by Crippen LogP contribution is 2.31. The van der Waals surface area contributed by atoms with Gasteiger partial charge in [-0.1, -0.05) is 18.1 Å². The molecule has 1 aliphatic rings. The van der Waals surface area contributed by atoms with Gasteiger partial charge in [0.25, 0.3) is 0 Å². The van der Waals surface area contributed by atoms with Gasteiger partial charge in [0.1, 0.15) is 24.7 Å². The van der Waals surface area contributed by atoms with Crippen LogP contribution in [0.4, 0.5) is 28.9 Å². The summed E-state index contributed by atoms with van der Waals surface area (Å²) in [5.41, 5.74) is 2.39. The molecule has 0 amide bonds. The minimum Gasteiger partial charge on any atom is -0.495 e. The molecule has 3 atom stereocenters. The number of alkyl halides is 4. The Morgan fingerprint density at radius 3 is 2.74 bits per heavy atom. The number of methoxy groups -OCH3 is 1. The molecule has 1 saturated heterocycles. The molecule has 2 aromatic carbocycles. The fourth-order valence-corrected chi connectivity index (χ4v) is 4.51. The van der Waals surface area contributed by atoms with Crippen LogP contribution < -0.4 is 26.0 Å². The van der Waals surface area contributed by atoms with Gasteiger partial charge in [0.05, 0.1) is 36.6 Å². The predicted octanol–water partition coefficient (Wildman–Crippen LogP) is 4.00. The second-order valence-electron chi connectivity index (χ2n) is 9.04. The van der Waals surface area contributed by atoms with Gasteiger partial charge in [-0.15, -0.1) is 0 Å². The average Bonchev–Trinajstić information content (AvgIpc) is 3.24. The Hall–Kier alpha value is -3.46. The molecule has 3 aromatic rings. The second-order valence-corrected chi connectivity index (χ2v) is 9.04. The van der Waals surface area contributed by atoms with Crippen LogP contribution in [0.1, 0.15) is 23.9 Å². The fourth-order valence-electron chi connectivity index (χ4n) is 4.51. The maximum absolute atomic E-state index is 14.4. The number of hydrogen-bond acceptors (Lipinski definition) is 6. The van der Waals surface area contributed by atoms with Gasteiger partial charge in [0.2, 0.25) is 0 Å². The van der Waals surface area contributed by atoms with E-state index >= 15 is 0 Å². The second kappa shape index (κ2) is 11.9. The van der Waals surface area contributed by atoms with Gasteiger partial charge in [-0.05, 0) is 61.8 Å². The van der Waals surface area contributed by atoms with Crippen LogP contribution in [0.3, 0.4) is 0 Å². The molecule has 1 fully saturated rings. The number of halogens is 4. The highest BCUT2D eigenvalue weighted by molar-refractivity contribution is 5.94. The van der Waals surface area contributed by atoms with E-state index in [1.807, 2.05) is 0 Å². The molecule has 7 nitrogen and oxygen atoms in total. The van der Waals surface area contributed by atoms with E-state index in [4.69, 9.17) is 4.74 Å². The number of hydrogen-bond donors (Lipinski definition) is 5. The molecule has 1 unspecified atom stereocenters. The summed E-state index contributed by atoms with van der Waals surface area (Å²) in [5, 5.41) is 22.5. The standard InChI is InChI=1S/C27H31F4N5O2/c1-32-26(37)17-8-9-23(25(13-17)38-2)34-11-4-5-18-14-19-21(35-22-10-12-33-15-20(22)28)6-3-7-24(19)36(18)16-27(29,30)31/h3,6-9,13-14,20,22,26,32-35,37H,10-12,15-16H2,1-2H3/t20-,22+,26?/m0/s1. The Morgan fingerprint density at radius 1 is 1.21 bits per heavy atom. The van der Waals surface area contributed by atoms with Crippen molar-refractivity contribution in [3.63, 3.8) is 0 Å². The van der Waals surface area contributed by atoms with Crippen molar-refractivity contribution < 1.29 is 27.4 Å². The van der Waals surface area contributed by atoms with Crippen LogP contribution in [0, 0.1) is 11.8 Å². The molecule has 38 heavy (non-hydrogen) atoms. The normalized spacial score (nSPS) is 18.5. The number of nitrogens with zero attached hydrogens (tertiary/aromatic N) is 1. The zero-order chi connectivity index (χ0) is 27.3. The van der Waals surface area contributed by atoms with Gasteiger partial charge in [0.15, 0.2) is 0 Å². The highest BCUT2D eigenvalue weighted by atomic mass is 19.4. The molecular formula is C27H31F4N5O2. The first-order chi connectivity index (χ1) is 18.2. The van der Waals surface area contributed by atoms with Crippen LogP contribution >= 0.6 is 0 Å². The van der Waals surface area contributed by atoms with Gasteiger partial charge >= 0.3 is 6.18 Å². The summed E-state index contributed by atoms with van der Waals surface area (Å²) in [6.07, 6.45) is -5.83. The van der Waals surface area contributed by atoms with E-state index in [1.54, 1.807) is 49.5 Å². The van der Waals surface area contributed by atoms with Crippen molar-refractivity contribution in [1.82, 2.24) is 15.2 Å².